The molecule has 0 aliphatic carbocycles. The third-order valence-corrected chi connectivity index (χ3v) is 2.14. The van der Waals surface area contributed by atoms with Gasteiger partial charge in [0.25, 0.3) is 0 Å². The first-order valence-electron chi connectivity index (χ1n) is 5.58. The summed E-state index contributed by atoms with van der Waals surface area (Å²) in [6, 6.07) is 3.98. The van der Waals surface area contributed by atoms with Gasteiger partial charge in [0.1, 0.15) is 0 Å². The van der Waals surface area contributed by atoms with Crippen molar-refractivity contribution in [2.75, 3.05) is 0 Å². The van der Waals surface area contributed by atoms with Crippen molar-refractivity contribution in [1.29, 1.82) is 0 Å². The van der Waals surface area contributed by atoms with Gasteiger partial charge in [-0.05, 0) is 18.6 Å². The molecule has 0 amide bonds. The Labute approximate surface area is 91.8 Å². The molecule has 0 radical (unpaired) electrons. The second kappa shape index (κ2) is 6.12. The first-order chi connectivity index (χ1) is 7.40. The lowest BCUT2D eigenvalue weighted by molar-refractivity contribution is 1.19. The van der Waals surface area contributed by atoms with E-state index in [1.807, 2.05) is 26.0 Å². The van der Waals surface area contributed by atoms with Crippen LogP contribution in [0, 0.1) is 0 Å². The largest absolute Gasteiger partial charge is 0.237 e. The van der Waals surface area contributed by atoms with Crippen LogP contribution in [0.2, 0.25) is 0 Å². The summed E-state index contributed by atoms with van der Waals surface area (Å²) in [6.45, 7) is 6.13. The quantitative estimate of drug-likeness (QED) is 0.675. The third-order valence-electron chi connectivity index (χ3n) is 2.14. The van der Waals surface area contributed by atoms with Crippen LogP contribution in [-0.4, -0.2) is 10.7 Å². The molecule has 0 N–H and O–H groups in total. The molecule has 0 unspecified atom stereocenters. The fraction of sp³-hybridized carbons (Fsp3) is 0.385. The van der Waals surface area contributed by atoms with Crippen molar-refractivity contribution in [2.24, 2.45) is 4.99 Å². The minimum absolute atomic E-state index is 0.855. The minimum atomic E-state index is 0.855. The molecule has 1 aliphatic rings. The van der Waals surface area contributed by atoms with Crippen LogP contribution in [0.5, 0.6) is 0 Å². The minimum Gasteiger partial charge on any atom is -0.237 e. The highest BCUT2D eigenvalue weighted by molar-refractivity contribution is 5.90. The molecule has 1 aromatic rings. The Kier molecular flexibility index (Phi) is 4.75. The van der Waals surface area contributed by atoms with E-state index in [2.05, 4.69) is 29.1 Å². The Morgan fingerprint density at radius 1 is 1.33 bits per heavy atom. The van der Waals surface area contributed by atoms with Crippen molar-refractivity contribution in [3.63, 3.8) is 0 Å². The van der Waals surface area contributed by atoms with Crippen LogP contribution in [0.15, 0.2) is 29.4 Å². The normalized spacial score (nSPS) is 13.1. The van der Waals surface area contributed by atoms with Crippen molar-refractivity contribution in [3.8, 4) is 0 Å². The number of rotatable bonds is 1. The molecule has 15 heavy (non-hydrogen) atoms. The Bertz CT molecular complexity index is 365. The van der Waals surface area contributed by atoms with Crippen LogP contribution >= 0.6 is 0 Å². The van der Waals surface area contributed by atoms with E-state index in [0.29, 0.717) is 0 Å². The number of hydrogen-bond acceptors (Lipinski definition) is 2. The topological polar surface area (TPSA) is 25.2 Å². The molecular formula is C13H18N2. The van der Waals surface area contributed by atoms with Gasteiger partial charge in [0, 0.05) is 23.9 Å². The molecule has 0 atom stereocenters. The SMILES string of the molecule is CC.CCC1=Nc2ncccc2C=CC1. The number of nitrogens with zero attached hydrogens (tertiary/aromatic N) is 2. The zero-order valence-electron chi connectivity index (χ0n) is 9.70. The van der Waals surface area contributed by atoms with Crippen molar-refractivity contribution in [3.05, 3.63) is 30.0 Å². The monoisotopic (exact) mass is 202 g/mol. The molecule has 2 heterocycles. The van der Waals surface area contributed by atoms with E-state index in [4.69, 9.17) is 0 Å². The van der Waals surface area contributed by atoms with Gasteiger partial charge in [-0.2, -0.15) is 0 Å². The van der Waals surface area contributed by atoms with Crippen molar-refractivity contribution < 1.29 is 0 Å². The first-order valence-corrected chi connectivity index (χ1v) is 5.58. The van der Waals surface area contributed by atoms with Crippen LogP contribution < -0.4 is 0 Å². The maximum atomic E-state index is 4.50. The summed E-state index contributed by atoms with van der Waals surface area (Å²) in [6.07, 6.45) is 7.98. The van der Waals surface area contributed by atoms with E-state index < -0.39 is 0 Å². The predicted molar refractivity (Wildman–Crippen MR) is 66.6 cm³/mol. The smallest absolute Gasteiger partial charge is 0.159 e. The Balaban J connectivity index is 0.000000531. The Hall–Kier alpha value is -1.44. The molecule has 0 saturated carbocycles. The molecule has 0 fully saturated rings. The van der Waals surface area contributed by atoms with Crippen molar-refractivity contribution >= 4 is 17.6 Å². The van der Waals surface area contributed by atoms with Gasteiger partial charge in [0.2, 0.25) is 0 Å². The van der Waals surface area contributed by atoms with Crippen LogP contribution in [0.25, 0.3) is 6.08 Å². The van der Waals surface area contributed by atoms with E-state index >= 15 is 0 Å². The number of allylic oxidation sites excluding steroid dienone is 1. The lowest BCUT2D eigenvalue weighted by Crippen LogP contribution is -1.91. The zero-order chi connectivity index (χ0) is 11.1. The van der Waals surface area contributed by atoms with E-state index in [0.717, 1.165) is 24.2 Å². The second-order valence-corrected chi connectivity index (χ2v) is 3.05. The molecule has 0 saturated heterocycles. The maximum Gasteiger partial charge on any atom is 0.159 e. The summed E-state index contributed by atoms with van der Waals surface area (Å²) < 4.78 is 0. The standard InChI is InChI=1S/C11H12N2.C2H6/c1-2-10-7-3-5-9-6-4-8-12-11(9)13-10;1-2/h3-6,8H,2,7H2,1H3;1-2H3. The summed E-state index contributed by atoms with van der Waals surface area (Å²) in [5.41, 5.74) is 2.32. The Morgan fingerprint density at radius 2 is 2.13 bits per heavy atom. The summed E-state index contributed by atoms with van der Waals surface area (Å²) in [5.74, 6) is 0.855. The van der Waals surface area contributed by atoms with Crippen molar-refractivity contribution in [1.82, 2.24) is 4.98 Å². The molecule has 80 valence electrons. The number of hydrogen-bond donors (Lipinski definition) is 0. The molecule has 0 spiro atoms. The highest BCUT2D eigenvalue weighted by Crippen LogP contribution is 2.21. The molecule has 2 nitrogen and oxygen atoms in total. The molecule has 2 heteroatoms. The van der Waals surface area contributed by atoms with E-state index in [1.54, 1.807) is 6.20 Å². The third kappa shape index (κ3) is 3.01. The van der Waals surface area contributed by atoms with Crippen LogP contribution in [-0.2, 0) is 0 Å². The summed E-state index contributed by atoms with van der Waals surface area (Å²) >= 11 is 0. The highest BCUT2D eigenvalue weighted by Gasteiger charge is 2.03. The lowest BCUT2D eigenvalue weighted by Gasteiger charge is -1.98. The number of pyridine rings is 1. The van der Waals surface area contributed by atoms with Gasteiger partial charge >= 0.3 is 0 Å². The van der Waals surface area contributed by atoms with Crippen LogP contribution in [0.1, 0.15) is 39.2 Å². The van der Waals surface area contributed by atoms with Gasteiger partial charge in [-0.25, -0.2) is 9.98 Å². The highest BCUT2D eigenvalue weighted by atomic mass is 14.9. The van der Waals surface area contributed by atoms with Gasteiger partial charge < -0.3 is 0 Å². The summed E-state index contributed by atoms with van der Waals surface area (Å²) in [5, 5.41) is 0. The molecule has 2 rings (SSSR count). The molecule has 0 aromatic carbocycles. The fourth-order valence-corrected chi connectivity index (χ4v) is 1.37. The van der Waals surface area contributed by atoms with Gasteiger partial charge in [0.15, 0.2) is 5.82 Å². The maximum absolute atomic E-state index is 4.50. The average Bonchev–Trinajstić information content (AvgIpc) is 2.53. The van der Waals surface area contributed by atoms with E-state index in [9.17, 15) is 0 Å². The number of aliphatic imine (C=N–C) groups is 1. The van der Waals surface area contributed by atoms with Gasteiger partial charge in [0.05, 0.1) is 0 Å². The first kappa shape index (κ1) is 11.6. The molecule has 1 aliphatic heterocycles. The summed E-state index contributed by atoms with van der Waals surface area (Å²) in [7, 11) is 0. The van der Waals surface area contributed by atoms with Crippen molar-refractivity contribution in [2.45, 2.75) is 33.6 Å². The van der Waals surface area contributed by atoms with Gasteiger partial charge in [-0.1, -0.05) is 32.9 Å². The average molecular weight is 202 g/mol. The number of fused-ring (bicyclic) bond motifs is 1. The molecule has 1 aromatic heterocycles. The Morgan fingerprint density at radius 3 is 2.87 bits per heavy atom. The lowest BCUT2D eigenvalue weighted by atomic mass is 10.2. The van der Waals surface area contributed by atoms with Crippen LogP contribution in [0.4, 0.5) is 5.82 Å². The molecular weight excluding hydrogens is 184 g/mol. The van der Waals surface area contributed by atoms with E-state index in [-0.39, 0.29) is 0 Å². The van der Waals surface area contributed by atoms with E-state index in [1.165, 1.54) is 5.71 Å². The second-order valence-electron chi connectivity index (χ2n) is 3.05. The number of aromatic nitrogens is 1. The molecule has 0 bridgehead atoms. The zero-order valence-corrected chi connectivity index (χ0v) is 9.70. The predicted octanol–water partition coefficient (Wildman–Crippen LogP) is 4.01. The fourth-order valence-electron chi connectivity index (χ4n) is 1.37. The van der Waals surface area contributed by atoms with Gasteiger partial charge in [-0.3, -0.25) is 0 Å². The summed E-state index contributed by atoms with van der Waals surface area (Å²) in [4.78, 5) is 8.74. The van der Waals surface area contributed by atoms with Crippen LogP contribution in [0.3, 0.4) is 0 Å². The van der Waals surface area contributed by atoms with Gasteiger partial charge in [-0.15, -0.1) is 0 Å².